The van der Waals surface area contributed by atoms with Gasteiger partial charge in [0.2, 0.25) is 0 Å². The SMILES string of the molecule is FC(F)(F)Sc1ccc(I)cc1. The number of hydrogen-bond donors (Lipinski definition) is 0. The molecule has 0 heterocycles. The summed E-state index contributed by atoms with van der Waals surface area (Å²) in [5, 5.41) is 0. The molecule has 0 nitrogen and oxygen atoms in total. The molecule has 0 aliphatic rings. The molecule has 1 rings (SSSR count). The monoisotopic (exact) mass is 304 g/mol. The second-order valence-corrected chi connectivity index (χ2v) is 4.39. The topological polar surface area (TPSA) is 0 Å². The maximum absolute atomic E-state index is 11.8. The molecule has 66 valence electrons. The number of alkyl halides is 3. The van der Waals surface area contributed by atoms with Crippen LogP contribution in [0.4, 0.5) is 13.2 Å². The molecule has 1 aromatic rings. The Balaban J connectivity index is 2.71. The van der Waals surface area contributed by atoms with Crippen molar-refractivity contribution in [3.05, 3.63) is 27.8 Å². The number of rotatable bonds is 1. The quantitative estimate of drug-likeness (QED) is 0.560. The predicted octanol–water partition coefficient (Wildman–Crippen LogP) is 3.90. The van der Waals surface area contributed by atoms with Crippen LogP contribution in [0, 0.1) is 3.57 Å². The summed E-state index contributed by atoms with van der Waals surface area (Å²) in [6, 6.07) is 6.21. The van der Waals surface area contributed by atoms with Crippen LogP contribution in [0.2, 0.25) is 0 Å². The van der Waals surface area contributed by atoms with Crippen LogP contribution in [0.3, 0.4) is 0 Å². The highest BCUT2D eigenvalue weighted by Gasteiger charge is 2.28. The molecule has 0 N–H and O–H groups in total. The van der Waals surface area contributed by atoms with Crippen LogP contribution in [0.1, 0.15) is 0 Å². The summed E-state index contributed by atoms with van der Waals surface area (Å²) in [5.74, 6) is 0. The van der Waals surface area contributed by atoms with Crippen molar-refractivity contribution in [1.82, 2.24) is 0 Å². The van der Waals surface area contributed by atoms with E-state index in [1.54, 1.807) is 12.1 Å². The molecule has 1 aromatic carbocycles. The molecule has 0 radical (unpaired) electrons. The normalized spacial score (nSPS) is 11.7. The second-order valence-electron chi connectivity index (χ2n) is 2.00. The average Bonchev–Trinajstić information content (AvgIpc) is 1.91. The molecule has 0 fully saturated rings. The fourth-order valence-corrected chi connectivity index (χ4v) is 1.54. The summed E-state index contributed by atoms with van der Waals surface area (Å²) >= 11 is 1.95. The van der Waals surface area contributed by atoms with Gasteiger partial charge in [-0.2, -0.15) is 13.2 Å². The minimum atomic E-state index is -4.19. The first-order chi connectivity index (χ1) is 5.47. The standard InChI is InChI=1S/C7H4F3IS/c8-7(9,10)12-6-3-1-5(11)2-4-6/h1-4H. The predicted molar refractivity (Wildman–Crippen MR) is 51.1 cm³/mol. The van der Waals surface area contributed by atoms with Gasteiger partial charge in [-0.25, -0.2) is 0 Å². The van der Waals surface area contributed by atoms with Crippen molar-refractivity contribution < 1.29 is 13.2 Å². The highest BCUT2D eigenvalue weighted by atomic mass is 127. The maximum Gasteiger partial charge on any atom is 0.446 e. The highest BCUT2D eigenvalue weighted by molar-refractivity contribution is 14.1. The number of thioether (sulfide) groups is 1. The van der Waals surface area contributed by atoms with Gasteiger partial charge in [0.25, 0.3) is 0 Å². The van der Waals surface area contributed by atoms with Gasteiger partial charge in [0, 0.05) is 8.47 Å². The summed E-state index contributed by atoms with van der Waals surface area (Å²) in [6.45, 7) is 0. The first-order valence-electron chi connectivity index (χ1n) is 2.99. The Hall–Kier alpha value is 0.0900. The van der Waals surface area contributed by atoms with Crippen molar-refractivity contribution in [2.45, 2.75) is 10.4 Å². The average molecular weight is 304 g/mol. The lowest BCUT2D eigenvalue weighted by Crippen LogP contribution is -1.98. The van der Waals surface area contributed by atoms with Crippen LogP contribution in [0.5, 0.6) is 0 Å². The van der Waals surface area contributed by atoms with Gasteiger partial charge in [-0.3, -0.25) is 0 Å². The maximum atomic E-state index is 11.8. The summed E-state index contributed by atoms with van der Waals surface area (Å²) < 4.78 is 36.3. The van der Waals surface area contributed by atoms with E-state index < -0.39 is 5.51 Å². The van der Waals surface area contributed by atoms with Crippen molar-refractivity contribution in [2.24, 2.45) is 0 Å². The van der Waals surface area contributed by atoms with E-state index in [0.29, 0.717) is 0 Å². The lowest BCUT2D eigenvalue weighted by molar-refractivity contribution is -0.0328. The molecule has 0 bridgehead atoms. The molecule has 0 saturated heterocycles. The highest BCUT2D eigenvalue weighted by Crippen LogP contribution is 2.36. The van der Waals surface area contributed by atoms with Crippen LogP contribution in [0.25, 0.3) is 0 Å². The lowest BCUT2D eigenvalue weighted by atomic mass is 10.4. The van der Waals surface area contributed by atoms with Crippen molar-refractivity contribution in [1.29, 1.82) is 0 Å². The zero-order valence-corrected chi connectivity index (χ0v) is 8.70. The van der Waals surface area contributed by atoms with Crippen molar-refractivity contribution in [3.63, 3.8) is 0 Å². The number of benzene rings is 1. The Labute approximate surface area is 85.7 Å². The number of halogens is 4. The van der Waals surface area contributed by atoms with Gasteiger partial charge in [0.05, 0.1) is 0 Å². The molecule has 12 heavy (non-hydrogen) atoms. The first kappa shape index (κ1) is 10.2. The third kappa shape index (κ3) is 3.66. The van der Waals surface area contributed by atoms with Gasteiger partial charge in [0.15, 0.2) is 0 Å². The van der Waals surface area contributed by atoms with E-state index in [0.717, 1.165) is 3.57 Å². The Morgan fingerprint density at radius 3 is 2.00 bits per heavy atom. The van der Waals surface area contributed by atoms with Crippen molar-refractivity contribution >= 4 is 34.4 Å². The smallest absolute Gasteiger partial charge is 0.160 e. The minimum absolute atomic E-state index is 0.0939. The Kier molecular flexibility index (Phi) is 3.28. The molecule has 0 unspecified atom stereocenters. The van der Waals surface area contributed by atoms with Crippen LogP contribution in [-0.4, -0.2) is 5.51 Å². The van der Waals surface area contributed by atoms with E-state index in [2.05, 4.69) is 0 Å². The molecule has 0 aliphatic carbocycles. The number of hydrogen-bond acceptors (Lipinski definition) is 1. The van der Waals surface area contributed by atoms with Crippen LogP contribution >= 0.6 is 34.4 Å². The zero-order chi connectivity index (χ0) is 9.19. The van der Waals surface area contributed by atoms with E-state index in [1.165, 1.54) is 12.1 Å². The molecule has 0 amide bonds. The summed E-state index contributed by atoms with van der Waals surface area (Å²) in [7, 11) is 0. The Morgan fingerprint density at radius 1 is 1.08 bits per heavy atom. The molecular weight excluding hydrogens is 300 g/mol. The molecule has 0 aromatic heterocycles. The van der Waals surface area contributed by atoms with E-state index in [1.807, 2.05) is 22.6 Å². The van der Waals surface area contributed by atoms with E-state index in [9.17, 15) is 13.2 Å². The lowest BCUT2D eigenvalue weighted by Gasteiger charge is -2.04. The molecular formula is C7H4F3IS. The van der Waals surface area contributed by atoms with Crippen LogP contribution in [-0.2, 0) is 0 Å². The van der Waals surface area contributed by atoms with Crippen molar-refractivity contribution in [3.8, 4) is 0 Å². The Morgan fingerprint density at radius 2 is 1.58 bits per heavy atom. The summed E-state index contributed by atoms with van der Waals surface area (Å²) in [4.78, 5) is 0.225. The summed E-state index contributed by atoms with van der Waals surface area (Å²) in [6.07, 6.45) is 0. The largest absolute Gasteiger partial charge is 0.446 e. The fourth-order valence-electron chi connectivity index (χ4n) is 0.636. The minimum Gasteiger partial charge on any atom is -0.160 e. The van der Waals surface area contributed by atoms with Crippen LogP contribution < -0.4 is 0 Å². The molecule has 5 heteroatoms. The second kappa shape index (κ2) is 3.87. The molecule has 0 atom stereocenters. The van der Waals surface area contributed by atoms with E-state index in [-0.39, 0.29) is 16.7 Å². The van der Waals surface area contributed by atoms with Crippen LogP contribution in [0.15, 0.2) is 29.2 Å². The van der Waals surface area contributed by atoms with Gasteiger partial charge in [-0.1, -0.05) is 0 Å². The fraction of sp³-hybridized carbons (Fsp3) is 0.143. The third-order valence-corrected chi connectivity index (χ3v) is 2.51. The van der Waals surface area contributed by atoms with Gasteiger partial charge >= 0.3 is 5.51 Å². The molecule has 0 spiro atoms. The molecule has 0 aliphatic heterocycles. The van der Waals surface area contributed by atoms with Gasteiger partial charge in [0.1, 0.15) is 0 Å². The van der Waals surface area contributed by atoms with E-state index >= 15 is 0 Å². The molecule has 0 saturated carbocycles. The Bertz CT molecular complexity index is 254. The van der Waals surface area contributed by atoms with Gasteiger partial charge in [-0.15, -0.1) is 0 Å². The van der Waals surface area contributed by atoms with E-state index in [4.69, 9.17) is 0 Å². The van der Waals surface area contributed by atoms with Crippen molar-refractivity contribution in [2.75, 3.05) is 0 Å². The van der Waals surface area contributed by atoms with Gasteiger partial charge < -0.3 is 0 Å². The van der Waals surface area contributed by atoms with Gasteiger partial charge in [-0.05, 0) is 58.6 Å². The third-order valence-electron chi connectivity index (χ3n) is 1.05. The summed E-state index contributed by atoms with van der Waals surface area (Å²) in [5.41, 5.74) is -4.19. The first-order valence-corrected chi connectivity index (χ1v) is 4.88. The zero-order valence-electron chi connectivity index (χ0n) is 5.73.